The van der Waals surface area contributed by atoms with Crippen molar-refractivity contribution in [3.8, 4) is 11.4 Å². The van der Waals surface area contributed by atoms with E-state index in [1.54, 1.807) is 5.48 Å². The zero-order valence-corrected chi connectivity index (χ0v) is 23.7. The van der Waals surface area contributed by atoms with Crippen molar-refractivity contribution in [3.05, 3.63) is 60.3 Å². The van der Waals surface area contributed by atoms with E-state index in [4.69, 9.17) is 19.9 Å². The lowest BCUT2D eigenvalue weighted by atomic mass is 10.1. The number of carbonyl (C=O) groups excluding carboxylic acids is 2. The predicted molar refractivity (Wildman–Crippen MR) is 161 cm³/mol. The van der Waals surface area contributed by atoms with E-state index in [1.165, 1.54) is 0 Å². The van der Waals surface area contributed by atoms with Gasteiger partial charge in [-0.15, -0.1) is 0 Å². The van der Waals surface area contributed by atoms with Crippen molar-refractivity contribution in [2.24, 2.45) is 0 Å². The molecule has 1 aliphatic rings. The molecule has 0 bridgehead atoms. The van der Waals surface area contributed by atoms with Gasteiger partial charge >= 0.3 is 6.03 Å². The summed E-state index contributed by atoms with van der Waals surface area (Å²) < 4.78 is 7.48. The second-order valence-corrected chi connectivity index (χ2v) is 10.3. The molecule has 5 rings (SSSR count). The Balaban J connectivity index is 1.31. The number of carbonyl (C=O) groups is 2. The Morgan fingerprint density at radius 3 is 2.26 bits per heavy atom. The lowest BCUT2D eigenvalue weighted by molar-refractivity contribution is -0.129. The van der Waals surface area contributed by atoms with E-state index in [1.807, 2.05) is 66.3 Å². The normalized spacial score (nSPS) is 13.2. The van der Waals surface area contributed by atoms with Crippen LogP contribution in [0.25, 0.3) is 22.4 Å². The summed E-state index contributed by atoms with van der Waals surface area (Å²) in [6, 6.07) is 14.8. The van der Waals surface area contributed by atoms with E-state index in [0.29, 0.717) is 37.7 Å². The Labute approximate surface area is 244 Å². The number of amides is 3. The van der Waals surface area contributed by atoms with Gasteiger partial charge in [-0.25, -0.2) is 24.9 Å². The molecular formula is C30H36N8O4. The minimum atomic E-state index is -0.359. The minimum absolute atomic E-state index is 0.312. The van der Waals surface area contributed by atoms with E-state index in [2.05, 4.69) is 20.6 Å². The molecule has 42 heavy (non-hydrogen) atoms. The first-order valence-electron chi connectivity index (χ1n) is 14.2. The summed E-state index contributed by atoms with van der Waals surface area (Å²) in [5.74, 6) is 1.05. The lowest BCUT2D eigenvalue weighted by Gasteiger charge is -2.28. The zero-order chi connectivity index (χ0) is 29.3. The quantitative estimate of drug-likeness (QED) is 0.115. The van der Waals surface area contributed by atoms with Gasteiger partial charge in [0.15, 0.2) is 11.5 Å². The number of fused-ring (bicyclic) bond motifs is 1. The van der Waals surface area contributed by atoms with Gasteiger partial charge in [0, 0.05) is 43.0 Å². The van der Waals surface area contributed by atoms with Crippen LogP contribution in [0.1, 0.15) is 37.7 Å². The van der Waals surface area contributed by atoms with E-state index in [9.17, 15) is 9.59 Å². The molecule has 12 nitrogen and oxygen atoms in total. The van der Waals surface area contributed by atoms with Gasteiger partial charge in [0.1, 0.15) is 5.82 Å². The number of ether oxygens (including phenoxy) is 1. The summed E-state index contributed by atoms with van der Waals surface area (Å²) in [4.78, 5) is 35.8. The highest BCUT2D eigenvalue weighted by molar-refractivity contribution is 5.99. The molecule has 4 N–H and O–H groups in total. The molecule has 0 spiro atoms. The molecule has 1 aliphatic heterocycles. The Bertz CT molecular complexity index is 1500. The number of anilines is 3. The molecule has 0 unspecified atom stereocenters. The molecule has 2 aromatic carbocycles. The summed E-state index contributed by atoms with van der Waals surface area (Å²) in [5, 5.41) is 19.9. The average molecular weight is 573 g/mol. The highest BCUT2D eigenvalue weighted by Gasteiger charge is 2.20. The van der Waals surface area contributed by atoms with E-state index in [0.717, 1.165) is 72.4 Å². The fourth-order valence-corrected chi connectivity index (χ4v) is 4.84. The molecule has 0 atom stereocenters. The topological polar surface area (TPSA) is 147 Å². The Kier molecular flexibility index (Phi) is 9.57. The number of rotatable bonds is 11. The van der Waals surface area contributed by atoms with Crippen LogP contribution in [-0.4, -0.2) is 63.2 Å². The SMILES string of the molecule is Cc1ccc(NC(=O)Nc2ccc(-c3nc(N4CCOCC4)c4cnn(CCCCCCC(=O)NO)c4n3)cc2)cc1. The maximum absolute atomic E-state index is 12.5. The number of nitrogens with one attached hydrogen (secondary N) is 3. The molecule has 3 heterocycles. The van der Waals surface area contributed by atoms with Crippen molar-refractivity contribution >= 4 is 40.2 Å². The van der Waals surface area contributed by atoms with Crippen LogP contribution in [-0.2, 0) is 16.1 Å². The van der Waals surface area contributed by atoms with Gasteiger partial charge in [0.05, 0.1) is 24.8 Å². The number of urea groups is 1. The molecule has 3 amide bonds. The standard InChI is InChI=1S/C30H36N8O4/c1-21-7-11-23(12-8-21)32-30(40)33-24-13-9-22(10-14-24)27-34-28(37-16-18-42-19-17-37)25-20-31-38(29(25)35-27)15-5-3-2-4-6-26(39)36-41/h7-14,20,41H,2-6,15-19H2,1H3,(H,36,39)(H2,32,33,40). The highest BCUT2D eigenvalue weighted by Crippen LogP contribution is 2.29. The number of morpholine rings is 1. The molecular weight excluding hydrogens is 536 g/mol. The smallest absolute Gasteiger partial charge is 0.323 e. The first kappa shape index (κ1) is 29.0. The van der Waals surface area contributed by atoms with Gasteiger partial charge in [-0.1, -0.05) is 30.5 Å². The van der Waals surface area contributed by atoms with Gasteiger partial charge in [0.25, 0.3) is 0 Å². The summed E-state index contributed by atoms with van der Waals surface area (Å²) in [6.07, 6.45) is 5.56. The Morgan fingerprint density at radius 1 is 0.905 bits per heavy atom. The summed E-state index contributed by atoms with van der Waals surface area (Å²) >= 11 is 0. The Hall–Kier alpha value is -4.55. The van der Waals surface area contributed by atoms with Crippen LogP contribution in [0.3, 0.4) is 0 Å². The molecule has 0 saturated carbocycles. The lowest BCUT2D eigenvalue weighted by Crippen LogP contribution is -2.37. The van der Waals surface area contributed by atoms with Gasteiger partial charge in [-0.3, -0.25) is 10.0 Å². The third-order valence-electron chi connectivity index (χ3n) is 7.15. The minimum Gasteiger partial charge on any atom is -0.378 e. The third-order valence-corrected chi connectivity index (χ3v) is 7.15. The van der Waals surface area contributed by atoms with Crippen LogP contribution in [0.2, 0.25) is 0 Å². The number of hydroxylamine groups is 1. The van der Waals surface area contributed by atoms with Crippen LogP contribution in [0.4, 0.5) is 22.0 Å². The number of unbranched alkanes of at least 4 members (excludes halogenated alkanes) is 3. The Morgan fingerprint density at radius 2 is 1.57 bits per heavy atom. The molecule has 1 fully saturated rings. The van der Waals surface area contributed by atoms with Crippen molar-refractivity contribution in [1.82, 2.24) is 25.2 Å². The number of aromatic nitrogens is 4. The maximum Gasteiger partial charge on any atom is 0.323 e. The van der Waals surface area contributed by atoms with Crippen molar-refractivity contribution < 1.29 is 19.5 Å². The summed E-state index contributed by atoms with van der Waals surface area (Å²) in [5.41, 5.74) is 5.76. The highest BCUT2D eigenvalue weighted by atomic mass is 16.5. The maximum atomic E-state index is 12.5. The zero-order valence-electron chi connectivity index (χ0n) is 23.7. The van der Waals surface area contributed by atoms with Gasteiger partial charge in [-0.2, -0.15) is 5.10 Å². The van der Waals surface area contributed by atoms with Crippen LogP contribution in [0.5, 0.6) is 0 Å². The van der Waals surface area contributed by atoms with E-state index >= 15 is 0 Å². The van der Waals surface area contributed by atoms with Crippen molar-refractivity contribution in [1.29, 1.82) is 0 Å². The second-order valence-electron chi connectivity index (χ2n) is 10.3. The van der Waals surface area contributed by atoms with Gasteiger partial charge in [-0.05, 0) is 56.2 Å². The molecule has 0 radical (unpaired) electrons. The number of nitrogens with zero attached hydrogens (tertiary/aromatic N) is 5. The number of benzene rings is 2. The van der Waals surface area contributed by atoms with Crippen LogP contribution >= 0.6 is 0 Å². The van der Waals surface area contributed by atoms with Crippen LogP contribution < -0.4 is 21.0 Å². The summed E-state index contributed by atoms with van der Waals surface area (Å²) in [6.45, 7) is 5.42. The monoisotopic (exact) mass is 572 g/mol. The predicted octanol–water partition coefficient (Wildman–Crippen LogP) is 4.74. The average Bonchev–Trinajstić information content (AvgIpc) is 3.43. The molecule has 2 aromatic heterocycles. The molecule has 0 aliphatic carbocycles. The van der Waals surface area contributed by atoms with E-state index in [-0.39, 0.29) is 11.9 Å². The van der Waals surface area contributed by atoms with Crippen LogP contribution in [0.15, 0.2) is 54.7 Å². The number of hydrogen-bond donors (Lipinski definition) is 4. The van der Waals surface area contributed by atoms with Gasteiger partial charge < -0.3 is 20.3 Å². The third kappa shape index (κ3) is 7.39. The molecule has 4 aromatic rings. The summed E-state index contributed by atoms with van der Waals surface area (Å²) in [7, 11) is 0. The van der Waals surface area contributed by atoms with Crippen molar-refractivity contribution in [2.75, 3.05) is 41.8 Å². The first-order chi connectivity index (χ1) is 20.5. The fraction of sp³-hybridized carbons (Fsp3) is 0.367. The molecule has 12 heteroatoms. The van der Waals surface area contributed by atoms with Crippen molar-refractivity contribution in [2.45, 2.75) is 45.6 Å². The number of aryl methyl sites for hydroxylation is 2. The first-order valence-corrected chi connectivity index (χ1v) is 14.2. The largest absolute Gasteiger partial charge is 0.378 e. The second kappa shape index (κ2) is 13.9. The molecule has 220 valence electrons. The van der Waals surface area contributed by atoms with Crippen LogP contribution in [0, 0.1) is 6.92 Å². The van der Waals surface area contributed by atoms with E-state index < -0.39 is 0 Å². The fourth-order valence-electron chi connectivity index (χ4n) is 4.84. The van der Waals surface area contributed by atoms with Crippen molar-refractivity contribution in [3.63, 3.8) is 0 Å². The number of hydrogen-bond acceptors (Lipinski definition) is 8. The molecule has 1 saturated heterocycles. The van der Waals surface area contributed by atoms with Gasteiger partial charge in [0.2, 0.25) is 5.91 Å².